The van der Waals surface area contributed by atoms with Crippen molar-refractivity contribution >= 4 is 5.69 Å². The van der Waals surface area contributed by atoms with Crippen LogP contribution in [-0.2, 0) is 6.54 Å². The fraction of sp³-hybridized carbons (Fsp3) is 0.500. The van der Waals surface area contributed by atoms with Gasteiger partial charge in [-0.2, -0.15) is 0 Å². The van der Waals surface area contributed by atoms with Crippen molar-refractivity contribution in [3.8, 4) is 0 Å². The Balaban J connectivity index is 2.27. The maximum atomic E-state index is 13.1. The summed E-state index contributed by atoms with van der Waals surface area (Å²) in [6.07, 6.45) is 2.51. The number of nitrogens with one attached hydrogen (secondary N) is 1. The lowest BCUT2D eigenvalue weighted by molar-refractivity contribution is 0.623. The molecule has 82 valence electrons. The summed E-state index contributed by atoms with van der Waals surface area (Å²) in [6.45, 7) is 0.712. The van der Waals surface area contributed by atoms with Crippen LogP contribution < -0.4 is 10.2 Å². The highest BCUT2D eigenvalue weighted by Crippen LogP contribution is 2.32. The number of hydrogen-bond acceptors (Lipinski definition) is 2. The minimum atomic E-state index is -0.159. The van der Waals surface area contributed by atoms with E-state index in [1.807, 2.05) is 13.1 Å². The SMILES string of the molecule is CNCc1cc(F)ccc1N(C)C1CC1. The summed E-state index contributed by atoms with van der Waals surface area (Å²) in [7, 11) is 3.97. The molecule has 0 atom stereocenters. The fourth-order valence-corrected chi connectivity index (χ4v) is 1.89. The molecule has 15 heavy (non-hydrogen) atoms. The summed E-state index contributed by atoms with van der Waals surface area (Å²) in [6, 6.07) is 5.68. The van der Waals surface area contributed by atoms with Gasteiger partial charge < -0.3 is 10.2 Å². The zero-order valence-electron chi connectivity index (χ0n) is 9.26. The summed E-state index contributed by atoms with van der Waals surface area (Å²) in [5, 5.41) is 3.07. The Hall–Kier alpha value is -1.09. The predicted molar refractivity (Wildman–Crippen MR) is 60.6 cm³/mol. The molecule has 1 saturated carbocycles. The Bertz CT molecular complexity index is 347. The van der Waals surface area contributed by atoms with E-state index >= 15 is 0 Å². The van der Waals surface area contributed by atoms with Crippen LogP contribution in [0, 0.1) is 5.82 Å². The Morgan fingerprint density at radius 3 is 2.80 bits per heavy atom. The van der Waals surface area contributed by atoms with Crippen molar-refractivity contribution in [2.75, 3.05) is 19.0 Å². The largest absolute Gasteiger partial charge is 0.371 e. The van der Waals surface area contributed by atoms with Gasteiger partial charge in [-0.05, 0) is 43.7 Å². The molecule has 1 aliphatic rings. The Labute approximate surface area is 90.1 Å². The smallest absolute Gasteiger partial charge is 0.123 e. The summed E-state index contributed by atoms with van der Waals surface area (Å²) < 4.78 is 13.1. The van der Waals surface area contributed by atoms with Gasteiger partial charge in [-0.15, -0.1) is 0 Å². The fourth-order valence-electron chi connectivity index (χ4n) is 1.89. The maximum absolute atomic E-state index is 13.1. The standard InChI is InChI=1S/C12H17FN2/c1-14-8-9-7-10(13)3-6-12(9)15(2)11-4-5-11/h3,6-7,11,14H,4-5,8H2,1-2H3. The highest BCUT2D eigenvalue weighted by atomic mass is 19.1. The highest BCUT2D eigenvalue weighted by Gasteiger charge is 2.27. The van der Waals surface area contributed by atoms with Crippen LogP contribution >= 0.6 is 0 Å². The second kappa shape index (κ2) is 4.19. The molecule has 0 spiro atoms. The molecular formula is C12H17FN2. The van der Waals surface area contributed by atoms with Crippen LogP contribution in [0.5, 0.6) is 0 Å². The zero-order chi connectivity index (χ0) is 10.8. The number of anilines is 1. The lowest BCUT2D eigenvalue weighted by Crippen LogP contribution is -2.22. The number of benzene rings is 1. The van der Waals surface area contributed by atoms with Gasteiger partial charge in [0.2, 0.25) is 0 Å². The van der Waals surface area contributed by atoms with Crippen molar-refractivity contribution in [1.82, 2.24) is 5.32 Å². The molecule has 3 heteroatoms. The number of hydrogen-bond donors (Lipinski definition) is 1. The molecule has 1 aliphatic carbocycles. The average Bonchev–Trinajstić information content (AvgIpc) is 3.01. The van der Waals surface area contributed by atoms with E-state index in [9.17, 15) is 4.39 Å². The van der Waals surface area contributed by atoms with Crippen LogP contribution in [0.1, 0.15) is 18.4 Å². The Morgan fingerprint density at radius 2 is 2.20 bits per heavy atom. The molecule has 0 bridgehead atoms. The molecule has 1 N–H and O–H groups in total. The lowest BCUT2D eigenvalue weighted by Gasteiger charge is -2.22. The third-order valence-corrected chi connectivity index (χ3v) is 2.88. The predicted octanol–water partition coefficient (Wildman–Crippen LogP) is 2.14. The van der Waals surface area contributed by atoms with E-state index in [4.69, 9.17) is 0 Å². The second-order valence-corrected chi connectivity index (χ2v) is 4.15. The van der Waals surface area contributed by atoms with E-state index in [1.165, 1.54) is 18.9 Å². The lowest BCUT2D eigenvalue weighted by atomic mass is 10.1. The van der Waals surface area contributed by atoms with Gasteiger partial charge in [-0.25, -0.2) is 4.39 Å². The van der Waals surface area contributed by atoms with Gasteiger partial charge in [0.05, 0.1) is 0 Å². The van der Waals surface area contributed by atoms with Crippen LogP contribution in [0.2, 0.25) is 0 Å². The van der Waals surface area contributed by atoms with Gasteiger partial charge in [-0.1, -0.05) is 0 Å². The molecule has 0 aromatic heterocycles. The first kappa shape index (κ1) is 10.4. The first-order valence-corrected chi connectivity index (χ1v) is 5.38. The van der Waals surface area contributed by atoms with E-state index in [1.54, 1.807) is 6.07 Å². The summed E-state index contributed by atoms with van der Waals surface area (Å²) in [4.78, 5) is 2.26. The minimum Gasteiger partial charge on any atom is -0.371 e. The molecule has 1 aromatic carbocycles. The second-order valence-electron chi connectivity index (χ2n) is 4.15. The summed E-state index contributed by atoms with van der Waals surface area (Å²) in [5.74, 6) is -0.159. The van der Waals surface area contributed by atoms with Crippen molar-refractivity contribution < 1.29 is 4.39 Å². The minimum absolute atomic E-state index is 0.159. The van der Waals surface area contributed by atoms with Gasteiger partial charge in [0, 0.05) is 25.3 Å². The van der Waals surface area contributed by atoms with Crippen LogP contribution in [0.15, 0.2) is 18.2 Å². The van der Waals surface area contributed by atoms with Crippen LogP contribution in [0.4, 0.5) is 10.1 Å². The van der Waals surface area contributed by atoms with Gasteiger partial charge in [0.25, 0.3) is 0 Å². The van der Waals surface area contributed by atoms with Crippen molar-refractivity contribution in [2.45, 2.75) is 25.4 Å². The van der Waals surface area contributed by atoms with Crippen LogP contribution in [-0.4, -0.2) is 20.1 Å². The monoisotopic (exact) mass is 208 g/mol. The normalized spacial score (nSPS) is 15.4. The van der Waals surface area contributed by atoms with Gasteiger partial charge in [0.1, 0.15) is 5.82 Å². The molecule has 1 fully saturated rings. The highest BCUT2D eigenvalue weighted by molar-refractivity contribution is 5.54. The van der Waals surface area contributed by atoms with Crippen molar-refractivity contribution in [3.63, 3.8) is 0 Å². The van der Waals surface area contributed by atoms with E-state index in [0.717, 1.165) is 11.3 Å². The first-order valence-electron chi connectivity index (χ1n) is 5.38. The molecule has 0 unspecified atom stereocenters. The van der Waals surface area contributed by atoms with Crippen LogP contribution in [0.25, 0.3) is 0 Å². The van der Waals surface area contributed by atoms with E-state index < -0.39 is 0 Å². The van der Waals surface area contributed by atoms with E-state index in [0.29, 0.717) is 12.6 Å². The number of nitrogens with zero attached hydrogens (tertiary/aromatic N) is 1. The molecule has 0 amide bonds. The molecule has 0 radical (unpaired) electrons. The zero-order valence-corrected chi connectivity index (χ0v) is 9.26. The van der Waals surface area contributed by atoms with Gasteiger partial charge in [-0.3, -0.25) is 0 Å². The quantitative estimate of drug-likeness (QED) is 0.815. The molecule has 1 aromatic rings. The average molecular weight is 208 g/mol. The third kappa shape index (κ3) is 2.29. The van der Waals surface area contributed by atoms with Crippen molar-refractivity contribution in [3.05, 3.63) is 29.6 Å². The van der Waals surface area contributed by atoms with Crippen LogP contribution in [0.3, 0.4) is 0 Å². The Morgan fingerprint density at radius 1 is 1.47 bits per heavy atom. The molecule has 2 nitrogen and oxygen atoms in total. The van der Waals surface area contributed by atoms with E-state index in [-0.39, 0.29) is 5.82 Å². The summed E-state index contributed by atoms with van der Waals surface area (Å²) >= 11 is 0. The molecular weight excluding hydrogens is 191 g/mol. The molecule has 2 rings (SSSR count). The Kier molecular flexibility index (Phi) is 2.91. The van der Waals surface area contributed by atoms with Gasteiger partial charge in [0.15, 0.2) is 0 Å². The third-order valence-electron chi connectivity index (χ3n) is 2.88. The molecule has 0 heterocycles. The topological polar surface area (TPSA) is 15.3 Å². The van der Waals surface area contributed by atoms with Gasteiger partial charge >= 0.3 is 0 Å². The molecule has 0 aliphatic heterocycles. The number of rotatable bonds is 4. The van der Waals surface area contributed by atoms with Crippen molar-refractivity contribution in [2.24, 2.45) is 0 Å². The first-order chi connectivity index (χ1) is 7.22. The van der Waals surface area contributed by atoms with Crippen molar-refractivity contribution in [1.29, 1.82) is 0 Å². The molecule has 0 saturated heterocycles. The van der Waals surface area contributed by atoms with E-state index in [2.05, 4.69) is 17.3 Å². The number of halogens is 1. The maximum Gasteiger partial charge on any atom is 0.123 e. The summed E-state index contributed by atoms with van der Waals surface area (Å²) in [5.41, 5.74) is 2.18.